The van der Waals surface area contributed by atoms with E-state index < -0.39 is 0 Å². The van der Waals surface area contributed by atoms with E-state index in [1.807, 2.05) is 13.0 Å². The SMILES string of the molecule is C[C@H]1C[C@H](O)C(Br)=C[C@]1(C)CO. The van der Waals surface area contributed by atoms with Gasteiger partial charge in [-0.15, -0.1) is 0 Å². The fourth-order valence-corrected chi connectivity index (χ4v) is 2.18. The largest absolute Gasteiger partial charge is 0.395 e. The van der Waals surface area contributed by atoms with Crippen molar-refractivity contribution in [3.8, 4) is 0 Å². The first-order valence-electron chi connectivity index (χ1n) is 4.17. The van der Waals surface area contributed by atoms with Crippen molar-refractivity contribution in [3.05, 3.63) is 10.6 Å². The molecule has 0 aliphatic heterocycles. The van der Waals surface area contributed by atoms with Gasteiger partial charge in [0.05, 0.1) is 12.7 Å². The van der Waals surface area contributed by atoms with E-state index in [-0.39, 0.29) is 18.1 Å². The maximum atomic E-state index is 9.48. The fraction of sp³-hybridized carbons (Fsp3) is 0.778. The minimum absolute atomic E-state index is 0.135. The van der Waals surface area contributed by atoms with Crippen LogP contribution in [0.5, 0.6) is 0 Å². The molecule has 0 heterocycles. The highest BCUT2D eigenvalue weighted by Crippen LogP contribution is 2.40. The van der Waals surface area contributed by atoms with Gasteiger partial charge in [-0.3, -0.25) is 0 Å². The summed E-state index contributed by atoms with van der Waals surface area (Å²) < 4.78 is 0.803. The van der Waals surface area contributed by atoms with Gasteiger partial charge in [0.2, 0.25) is 0 Å². The zero-order valence-electron chi connectivity index (χ0n) is 7.42. The van der Waals surface area contributed by atoms with Crippen molar-refractivity contribution in [1.82, 2.24) is 0 Å². The molecule has 1 rings (SSSR count). The molecule has 1 aliphatic rings. The molecular formula is C9H15BrO2. The monoisotopic (exact) mass is 234 g/mol. The Bertz CT molecular complexity index is 203. The van der Waals surface area contributed by atoms with Crippen LogP contribution in [0.15, 0.2) is 10.6 Å². The Balaban J connectivity index is 2.90. The van der Waals surface area contributed by atoms with Crippen molar-refractivity contribution in [3.63, 3.8) is 0 Å². The summed E-state index contributed by atoms with van der Waals surface area (Å²) in [6.45, 7) is 4.19. The zero-order chi connectivity index (χ0) is 9.35. The number of rotatable bonds is 1. The molecular weight excluding hydrogens is 220 g/mol. The number of aliphatic hydroxyl groups is 2. The fourth-order valence-electron chi connectivity index (χ4n) is 1.47. The third kappa shape index (κ3) is 1.73. The molecule has 0 fully saturated rings. The molecule has 1 aliphatic carbocycles. The van der Waals surface area contributed by atoms with Gasteiger partial charge in [0, 0.05) is 9.90 Å². The van der Waals surface area contributed by atoms with Crippen molar-refractivity contribution in [2.75, 3.05) is 6.61 Å². The topological polar surface area (TPSA) is 40.5 Å². The van der Waals surface area contributed by atoms with Crippen LogP contribution in [-0.2, 0) is 0 Å². The second-order valence-corrected chi connectivity index (χ2v) is 4.76. The van der Waals surface area contributed by atoms with Gasteiger partial charge < -0.3 is 10.2 Å². The second-order valence-electron chi connectivity index (χ2n) is 3.85. The Kier molecular flexibility index (Phi) is 2.97. The molecule has 0 radical (unpaired) electrons. The Hall–Kier alpha value is 0.140. The molecule has 0 spiro atoms. The predicted octanol–water partition coefficient (Wildman–Crippen LogP) is 1.66. The van der Waals surface area contributed by atoms with Crippen molar-refractivity contribution >= 4 is 15.9 Å². The molecule has 0 saturated carbocycles. The Morgan fingerprint density at radius 1 is 1.75 bits per heavy atom. The van der Waals surface area contributed by atoms with Gasteiger partial charge in [0.25, 0.3) is 0 Å². The van der Waals surface area contributed by atoms with E-state index in [4.69, 9.17) is 0 Å². The molecule has 0 unspecified atom stereocenters. The number of hydrogen-bond acceptors (Lipinski definition) is 2. The number of hydrogen-bond donors (Lipinski definition) is 2. The van der Waals surface area contributed by atoms with Gasteiger partial charge in [-0.2, -0.15) is 0 Å². The Labute approximate surface area is 81.4 Å². The molecule has 2 N–H and O–H groups in total. The van der Waals surface area contributed by atoms with Gasteiger partial charge in [-0.25, -0.2) is 0 Å². The van der Waals surface area contributed by atoms with E-state index in [2.05, 4.69) is 22.9 Å². The normalized spacial score (nSPS) is 42.6. The third-order valence-electron chi connectivity index (χ3n) is 2.83. The van der Waals surface area contributed by atoms with Gasteiger partial charge >= 0.3 is 0 Å². The van der Waals surface area contributed by atoms with E-state index in [9.17, 15) is 10.2 Å². The van der Waals surface area contributed by atoms with E-state index in [1.165, 1.54) is 0 Å². The molecule has 0 aromatic heterocycles. The zero-order valence-corrected chi connectivity index (χ0v) is 9.00. The van der Waals surface area contributed by atoms with Crippen LogP contribution in [0.25, 0.3) is 0 Å². The van der Waals surface area contributed by atoms with Gasteiger partial charge in [-0.05, 0) is 12.3 Å². The summed E-state index contributed by atoms with van der Waals surface area (Å²) in [6.07, 6.45) is 2.25. The van der Waals surface area contributed by atoms with Crippen LogP contribution in [0.1, 0.15) is 20.3 Å². The van der Waals surface area contributed by atoms with Gasteiger partial charge in [0.15, 0.2) is 0 Å². The van der Waals surface area contributed by atoms with Crippen LogP contribution in [0, 0.1) is 11.3 Å². The lowest BCUT2D eigenvalue weighted by Crippen LogP contribution is -2.34. The minimum atomic E-state index is -0.389. The molecule has 0 bridgehead atoms. The number of halogens is 1. The average molecular weight is 235 g/mol. The molecule has 70 valence electrons. The van der Waals surface area contributed by atoms with Crippen LogP contribution in [0.2, 0.25) is 0 Å². The quantitative estimate of drug-likeness (QED) is 0.725. The molecule has 0 aromatic carbocycles. The summed E-state index contributed by atoms with van der Waals surface area (Å²) >= 11 is 3.30. The van der Waals surface area contributed by atoms with E-state index in [0.717, 1.165) is 4.48 Å². The Morgan fingerprint density at radius 3 is 2.83 bits per heavy atom. The van der Waals surface area contributed by atoms with Crippen molar-refractivity contribution in [2.45, 2.75) is 26.4 Å². The maximum Gasteiger partial charge on any atom is 0.0854 e. The van der Waals surface area contributed by atoms with Crippen molar-refractivity contribution < 1.29 is 10.2 Å². The summed E-state index contributed by atoms with van der Waals surface area (Å²) in [5, 5.41) is 18.7. The van der Waals surface area contributed by atoms with Crippen LogP contribution < -0.4 is 0 Å². The summed E-state index contributed by atoms with van der Waals surface area (Å²) in [6, 6.07) is 0. The predicted molar refractivity (Wildman–Crippen MR) is 52.0 cm³/mol. The molecule has 3 atom stereocenters. The van der Waals surface area contributed by atoms with E-state index in [0.29, 0.717) is 12.3 Å². The van der Waals surface area contributed by atoms with E-state index in [1.54, 1.807) is 0 Å². The lowest BCUT2D eigenvalue weighted by Gasteiger charge is -2.37. The molecule has 12 heavy (non-hydrogen) atoms. The first-order valence-corrected chi connectivity index (χ1v) is 4.96. The second kappa shape index (κ2) is 3.48. The van der Waals surface area contributed by atoms with Crippen LogP contribution in [0.4, 0.5) is 0 Å². The molecule has 0 aromatic rings. The van der Waals surface area contributed by atoms with Crippen LogP contribution in [0.3, 0.4) is 0 Å². The van der Waals surface area contributed by atoms with E-state index >= 15 is 0 Å². The van der Waals surface area contributed by atoms with Gasteiger partial charge in [-0.1, -0.05) is 35.9 Å². The van der Waals surface area contributed by atoms with Crippen LogP contribution >= 0.6 is 15.9 Å². The summed E-state index contributed by atoms with van der Waals surface area (Å²) in [5.41, 5.74) is -0.182. The highest BCUT2D eigenvalue weighted by Gasteiger charge is 2.35. The molecule has 0 amide bonds. The van der Waals surface area contributed by atoms with Crippen LogP contribution in [-0.4, -0.2) is 22.9 Å². The summed E-state index contributed by atoms with van der Waals surface area (Å²) in [4.78, 5) is 0. The maximum absolute atomic E-state index is 9.48. The molecule has 3 heteroatoms. The molecule has 2 nitrogen and oxygen atoms in total. The highest BCUT2D eigenvalue weighted by atomic mass is 79.9. The Morgan fingerprint density at radius 2 is 2.33 bits per heavy atom. The van der Waals surface area contributed by atoms with Crippen molar-refractivity contribution in [2.24, 2.45) is 11.3 Å². The lowest BCUT2D eigenvalue weighted by molar-refractivity contribution is 0.0790. The first-order chi connectivity index (χ1) is 5.49. The first kappa shape index (κ1) is 10.2. The minimum Gasteiger partial charge on any atom is -0.395 e. The van der Waals surface area contributed by atoms with Gasteiger partial charge in [0.1, 0.15) is 0 Å². The summed E-state index contributed by atoms with van der Waals surface area (Å²) in [5.74, 6) is 0.318. The summed E-state index contributed by atoms with van der Waals surface area (Å²) in [7, 11) is 0. The molecule has 0 saturated heterocycles. The number of aliphatic hydroxyl groups excluding tert-OH is 2. The standard InChI is InChI=1S/C9H15BrO2/c1-6-3-8(12)7(10)4-9(6,2)5-11/h4,6,8,11-12H,3,5H2,1-2H3/t6-,8-,9+/m0/s1. The lowest BCUT2D eigenvalue weighted by atomic mass is 9.72. The highest BCUT2D eigenvalue weighted by molar-refractivity contribution is 9.11. The smallest absolute Gasteiger partial charge is 0.0854 e. The third-order valence-corrected chi connectivity index (χ3v) is 3.59. The van der Waals surface area contributed by atoms with Crippen molar-refractivity contribution in [1.29, 1.82) is 0 Å². The average Bonchev–Trinajstić information content (AvgIpc) is 2.01.